The van der Waals surface area contributed by atoms with Crippen molar-refractivity contribution in [1.29, 1.82) is 0 Å². The Kier molecular flexibility index (Phi) is 7.59. The number of nitrogens with two attached hydrogens (primary N) is 1. The predicted molar refractivity (Wildman–Crippen MR) is 157 cm³/mol. The Morgan fingerprint density at radius 1 is 1.05 bits per heavy atom. The molecule has 3 aromatic rings. The second kappa shape index (κ2) is 11.4. The van der Waals surface area contributed by atoms with Crippen LogP contribution >= 0.6 is 0 Å². The van der Waals surface area contributed by atoms with E-state index in [0.29, 0.717) is 31.6 Å². The first-order chi connectivity index (χ1) is 20.7. The van der Waals surface area contributed by atoms with E-state index in [9.17, 15) is 19.2 Å². The maximum Gasteiger partial charge on any atom is 0.246 e. The Labute approximate surface area is 249 Å². The first-order valence-corrected chi connectivity index (χ1v) is 14.7. The van der Waals surface area contributed by atoms with Gasteiger partial charge < -0.3 is 26.0 Å². The number of likely N-dealkylation sites (tertiary alicyclic amines) is 1. The summed E-state index contributed by atoms with van der Waals surface area (Å²) in [5, 5.41) is 15.3. The van der Waals surface area contributed by atoms with Gasteiger partial charge in [-0.05, 0) is 29.2 Å². The van der Waals surface area contributed by atoms with Gasteiger partial charge in [-0.2, -0.15) is 10.2 Å². The van der Waals surface area contributed by atoms with Crippen LogP contribution in [0.2, 0.25) is 0 Å². The topological polar surface area (TPSA) is 157 Å². The number of nitrogens with one attached hydrogen (secondary N) is 2. The van der Waals surface area contributed by atoms with Crippen LogP contribution in [0, 0.1) is 23.2 Å². The minimum Gasteiger partial charge on any atom is -0.381 e. The highest BCUT2D eigenvalue weighted by atomic mass is 16.5. The van der Waals surface area contributed by atoms with Crippen molar-refractivity contribution in [3.63, 3.8) is 0 Å². The number of ether oxygens (including phenoxy) is 1. The van der Waals surface area contributed by atoms with Gasteiger partial charge in [0.25, 0.3) is 0 Å². The quantitative estimate of drug-likeness (QED) is 0.344. The zero-order chi connectivity index (χ0) is 30.3. The SMILES string of the molecule is CC1(C)[C@@H]2[C@@H](C(=O)NC(C(N)=O)c3nncc4ccccc34)N(C(=O)[C@H](Cc3ccccc3)NC(=O)[C@H]3CCOC3)C[C@@H]21. The molecule has 11 heteroatoms. The van der Waals surface area contributed by atoms with Gasteiger partial charge in [0.2, 0.25) is 23.6 Å². The predicted octanol–water partition coefficient (Wildman–Crippen LogP) is 1.52. The van der Waals surface area contributed by atoms with E-state index >= 15 is 0 Å². The third kappa shape index (κ3) is 5.45. The van der Waals surface area contributed by atoms with Crippen molar-refractivity contribution in [2.45, 2.75) is 44.8 Å². The average Bonchev–Trinajstić information content (AvgIpc) is 3.46. The molecule has 0 bridgehead atoms. The number of nitrogens with zero attached hydrogens (tertiary/aromatic N) is 3. The molecule has 3 heterocycles. The first-order valence-electron chi connectivity index (χ1n) is 14.7. The van der Waals surface area contributed by atoms with Gasteiger partial charge in [0.15, 0.2) is 6.04 Å². The van der Waals surface area contributed by atoms with Crippen molar-refractivity contribution in [1.82, 2.24) is 25.7 Å². The zero-order valence-corrected chi connectivity index (χ0v) is 24.2. The molecule has 1 saturated carbocycles. The van der Waals surface area contributed by atoms with Crippen molar-refractivity contribution >= 4 is 34.4 Å². The van der Waals surface area contributed by atoms with E-state index in [1.54, 1.807) is 23.2 Å². The van der Waals surface area contributed by atoms with Crippen LogP contribution in [0.5, 0.6) is 0 Å². The highest BCUT2D eigenvalue weighted by molar-refractivity contribution is 5.97. The molecule has 4 amide bonds. The number of amides is 4. The van der Waals surface area contributed by atoms with Crippen molar-refractivity contribution in [3.8, 4) is 0 Å². The van der Waals surface area contributed by atoms with Crippen molar-refractivity contribution in [2.75, 3.05) is 19.8 Å². The monoisotopic (exact) mass is 584 g/mol. The Morgan fingerprint density at radius 3 is 2.51 bits per heavy atom. The summed E-state index contributed by atoms with van der Waals surface area (Å²) >= 11 is 0. The molecule has 2 aliphatic heterocycles. The average molecular weight is 585 g/mol. The summed E-state index contributed by atoms with van der Waals surface area (Å²) in [6.45, 7) is 5.35. The van der Waals surface area contributed by atoms with Crippen molar-refractivity contribution in [2.24, 2.45) is 28.9 Å². The third-order valence-corrected chi connectivity index (χ3v) is 9.40. The normalized spacial score (nSPS) is 25.0. The van der Waals surface area contributed by atoms with Gasteiger partial charge in [-0.1, -0.05) is 68.4 Å². The van der Waals surface area contributed by atoms with Crippen LogP contribution in [0.4, 0.5) is 0 Å². The summed E-state index contributed by atoms with van der Waals surface area (Å²) in [6, 6.07) is 13.8. The lowest BCUT2D eigenvalue weighted by molar-refractivity contribution is -0.144. The Hall–Kier alpha value is -4.38. The van der Waals surface area contributed by atoms with Gasteiger partial charge in [-0.25, -0.2) is 0 Å². The molecule has 1 aromatic heterocycles. The number of carbonyl (C=O) groups is 4. The standard InChI is InChI=1S/C32H36N6O5/c1-32(2)22-16-38(31(42)23(14-18-8-4-3-5-9-18)35-29(40)20-12-13-43-17-20)27(24(22)32)30(41)36-26(28(33)39)25-21-11-7-6-10-19(21)15-34-37-25/h3-11,15,20,22-24,26-27H,12-14,16-17H2,1-2H3,(H2,33,39)(H,35,40)(H,36,41)/t20-,22-,23-,24-,26?,27-/m0/s1. The lowest BCUT2D eigenvalue weighted by Gasteiger charge is -2.34. The molecule has 3 aliphatic rings. The fraction of sp³-hybridized carbons (Fsp3) is 0.438. The summed E-state index contributed by atoms with van der Waals surface area (Å²) in [5.41, 5.74) is 6.75. The van der Waals surface area contributed by atoms with E-state index in [0.717, 1.165) is 10.9 Å². The van der Waals surface area contributed by atoms with Crippen LogP contribution in [0.3, 0.4) is 0 Å². The van der Waals surface area contributed by atoms with Gasteiger partial charge in [0, 0.05) is 30.3 Å². The molecule has 6 rings (SSSR count). The molecule has 43 heavy (non-hydrogen) atoms. The highest BCUT2D eigenvalue weighted by Gasteiger charge is 2.69. The summed E-state index contributed by atoms with van der Waals surface area (Å²) in [6.07, 6.45) is 2.45. The van der Waals surface area contributed by atoms with E-state index in [1.165, 1.54) is 0 Å². The van der Waals surface area contributed by atoms with Crippen molar-refractivity contribution in [3.05, 3.63) is 72.1 Å². The van der Waals surface area contributed by atoms with Gasteiger partial charge >= 0.3 is 0 Å². The number of rotatable bonds is 9. The van der Waals surface area contributed by atoms with Gasteiger partial charge in [0.05, 0.1) is 18.7 Å². The fourth-order valence-corrected chi connectivity index (χ4v) is 6.86. The molecule has 11 nitrogen and oxygen atoms in total. The summed E-state index contributed by atoms with van der Waals surface area (Å²) in [5.74, 6) is -2.17. The number of benzene rings is 2. The largest absolute Gasteiger partial charge is 0.381 e. The first kappa shape index (κ1) is 28.7. The molecule has 3 fully saturated rings. The number of aromatic nitrogens is 2. The van der Waals surface area contributed by atoms with E-state index in [1.807, 2.05) is 42.5 Å². The van der Waals surface area contributed by atoms with E-state index < -0.39 is 29.9 Å². The van der Waals surface area contributed by atoms with Crippen LogP contribution in [-0.4, -0.2) is 70.6 Å². The van der Waals surface area contributed by atoms with Gasteiger partial charge in [-0.15, -0.1) is 0 Å². The summed E-state index contributed by atoms with van der Waals surface area (Å²) in [4.78, 5) is 55.7. The molecule has 0 radical (unpaired) electrons. The lowest BCUT2D eigenvalue weighted by Crippen LogP contribution is -2.57. The second-order valence-corrected chi connectivity index (χ2v) is 12.4. The Morgan fingerprint density at radius 2 is 1.79 bits per heavy atom. The molecule has 6 atom stereocenters. The molecular formula is C32H36N6O5. The maximum absolute atomic E-state index is 14.2. The number of hydrogen-bond acceptors (Lipinski definition) is 7. The Balaban J connectivity index is 1.28. The second-order valence-electron chi connectivity index (χ2n) is 12.4. The number of piperidine rings is 1. The molecule has 0 spiro atoms. The summed E-state index contributed by atoms with van der Waals surface area (Å²) in [7, 11) is 0. The van der Waals surface area contributed by atoms with E-state index in [4.69, 9.17) is 10.5 Å². The minimum atomic E-state index is -1.24. The molecular weight excluding hydrogens is 548 g/mol. The van der Waals surface area contributed by atoms with E-state index in [-0.39, 0.29) is 47.1 Å². The number of primary amides is 1. The van der Waals surface area contributed by atoms with Crippen LogP contribution in [-0.2, 0) is 30.3 Å². The molecule has 1 aliphatic carbocycles. The minimum absolute atomic E-state index is 0.105. The van der Waals surface area contributed by atoms with Gasteiger partial charge in [-0.3, -0.25) is 19.2 Å². The van der Waals surface area contributed by atoms with Crippen LogP contribution in [0.15, 0.2) is 60.8 Å². The summed E-state index contributed by atoms with van der Waals surface area (Å²) < 4.78 is 5.39. The number of carbonyl (C=O) groups excluding carboxylic acids is 4. The Bertz CT molecular complexity index is 1550. The molecule has 2 aromatic carbocycles. The number of hydrogen-bond donors (Lipinski definition) is 3. The molecule has 2 saturated heterocycles. The van der Waals surface area contributed by atoms with E-state index in [2.05, 4.69) is 34.7 Å². The zero-order valence-electron chi connectivity index (χ0n) is 24.2. The molecule has 4 N–H and O–H groups in total. The number of fused-ring (bicyclic) bond motifs is 2. The highest BCUT2D eigenvalue weighted by Crippen LogP contribution is 2.65. The van der Waals surface area contributed by atoms with Crippen LogP contribution in [0.1, 0.15) is 37.6 Å². The third-order valence-electron chi connectivity index (χ3n) is 9.40. The van der Waals surface area contributed by atoms with Crippen LogP contribution < -0.4 is 16.4 Å². The van der Waals surface area contributed by atoms with Crippen LogP contribution in [0.25, 0.3) is 10.8 Å². The lowest BCUT2D eigenvalue weighted by atomic mass is 9.97. The smallest absolute Gasteiger partial charge is 0.246 e. The molecule has 224 valence electrons. The maximum atomic E-state index is 14.2. The fourth-order valence-electron chi connectivity index (χ4n) is 6.86. The van der Waals surface area contributed by atoms with Crippen molar-refractivity contribution < 1.29 is 23.9 Å². The van der Waals surface area contributed by atoms with Gasteiger partial charge in [0.1, 0.15) is 17.8 Å². The molecule has 1 unspecified atom stereocenters.